The minimum Gasteiger partial charge on any atom is -0.422 e. The summed E-state index contributed by atoms with van der Waals surface area (Å²) in [6, 6.07) is 28.0. The molecule has 5 aromatic rings. The van der Waals surface area contributed by atoms with Crippen molar-refractivity contribution in [2.45, 2.75) is 6.92 Å². The lowest BCUT2D eigenvalue weighted by atomic mass is 10.0. The molecule has 188 valence electrons. The van der Waals surface area contributed by atoms with E-state index in [1.165, 1.54) is 6.21 Å². The van der Waals surface area contributed by atoms with Crippen molar-refractivity contribution >= 4 is 67.5 Å². The number of nitrogens with one attached hydrogen (secondary N) is 2. The fourth-order valence-corrected chi connectivity index (χ4v) is 5.05. The number of esters is 1. The van der Waals surface area contributed by atoms with Gasteiger partial charge in [0.05, 0.1) is 17.3 Å². The lowest BCUT2D eigenvalue weighted by Gasteiger charge is -2.08. The molecule has 0 saturated carbocycles. The van der Waals surface area contributed by atoms with Crippen molar-refractivity contribution < 1.29 is 14.3 Å². The zero-order chi connectivity index (χ0) is 26.6. The number of amides is 1. The third-order valence-electron chi connectivity index (χ3n) is 5.90. The molecule has 8 heteroatoms. The van der Waals surface area contributed by atoms with Crippen LogP contribution < -0.4 is 10.2 Å². The highest BCUT2D eigenvalue weighted by molar-refractivity contribution is 14.1. The van der Waals surface area contributed by atoms with Crippen molar-refractivity contribution in [2.75, 3.05) is 0 Å². The second-order valence-corrected chi connectivity index (χ2v) is 10.6. The SMILES string of the molecule is Cc1ccc(C(=O)Oc2ccc(Br)cc2C=NNC(=O)c2[nH]c3c(I)cccc3c2-c2ccccc2)cc1. The number of aromatic amines is 1. The molecule has 38 heavy (non-hydrogen) atoms. The number of fused-ring (bicyclic) bond motifs is 1. The number of carbonyl (C=O) groups is 2. The molecule has 0 unspecified atom stereocenters. The first kappa shape index (κ1) is 25.9. The molecule has 0 bridgehead atoms. The van der Waals surface area contributed by atoms with Crippen LogP contribution in [0.4, 0.5) is 0 Å². The van der Waals surface area contributed by atoms with E-state index in [2.05, 4.69) is 54.0 Å². The summed E-state index contributed by atoms with van der Waals surface area (Å²) >= 11 is 5.69. The molecule has 1 heterocycles. The van der Waals surface area contributed by atoms with Gasteiger partial charge in [-0.3, -0.25) is 4.79 Å². The molecule has 0 aliphatic rings. The summed E-state index contributed by atoms with van der Waals surface area (Å²) in [7, 11) is 0. The van der Waals surface area contributed by atoms with Crippen molar-refractivity contribution in [3.05, 3.63) is 121 Å². The second-order valence-electron chi connectivity index (χ2n) is 8.54. The Balaban J connectivity index is 1.41. The number of para-hydroxylation sites is 1. The smallest absolute Gasteiger partial charge is 0.343 e. The minimum absolute atomic E-state index is 0.321. The monoisotopic (exact) mass is 677 g/mol. The van der Waals surface area contributed by atoms with Gasteiger partial charge in [0.2, 0.25) is 0 Å². The van der Waals surface area contributed by atoms with Gasteiger partial charge >= 0.3 is 5.97 Å². The summed E-state index contributed by atoms with van der Waals surface area (Å²) < 4.78 is 7.41. The summed E-state index contributed by atoms with van der Waals surface area (Å²) in [6.45, 7) is 1.95. The molecule has 0 saturated heterocycles. The maximum absolute atomic E-state index is 13.3. The summed E-state index contributed by atoms with van der Waals surface area (Å²) in [5, 5.41) is 5.13. The van der Waals surface area contributed by atoms with Crippen LogP contribution in [0.15, 0.2) is 101 Å². The molecule has 0 atom stereocenters. The fraction of sp³-hybridized carbons (Fsp3) is 0.0333. The Morgan fingerprint density at radius 1 is 0.974 bits per heavy atom. The number of halogens is 2. The maximum atomic E-state index is 13.3. The van der Waals surface area contributed by atoms with E-state index in [0.717, 1.165) is 35.6 Å². The molecule has 0 fully saturated rings. The van der Waals surface area contributed by atoms with Gasteiger partial charge in [0, 0.05) is 24.6 Å². The van der Waals surface area contributed by atoms with Gasteiger partial charge in [0.1, 0.15) is 11.4 Å². The predicted octanol–water partition coefficient (Wildman–Crippen LogP) is 7.49. The van der Waals surface area contributed by atoms with Gasteiger partial charge in [-0.2, -0.15) is 5.10 Å². The van der Waals surface area contributed by atoms with Crippen LogP contribution in [0.5, 0.6) is 5.75 Å². The highest BCUT2D eigenvalue weighted by atomic mass is 127. The predicted molar refractivity (Wildman–Crippen MR) is 162 cm³/mol. The van der Waals surface area contributed by atoms with Gasteiger partial charge < -0.3 is 9.72 Å². The van der Waals surface area contributed by atoms with Crippen LogP contribution in [0, 0.1) is 10.5 Å². The Labute approximate surface area is 241 Å². The number of hydrazone groups is 1. The lowest BCUT2D eigenvalue weighted by Crippen LogP contribution is -2.19. The van der Waals surface area contributed by atoms with E-state index in [1.54, 1.807) is 30.3 Å². The van der Waals surface area contributed by atoms with E-state index in [1.807, 2.05) is 67.6 Å². The Bertz CT molecular complexity index is 1680. The van der Waals surface area contributed by atoms with Crippen molar-refractivity contribution in [1.82, 2.24) is 10.4 Å². The summed E-state index contributed by atoms with van der Waals surface area (Å²) in [4.78, 5) is 29.2. The Hall–Kier alpha value is -3.76. The molecule has 5 rings (SSSR count). The normalized spacial score (nSPS) is 11.1. The minimum atomic E-state index is -0.480. The van der Waals surface area contributed by atoms with Gasteiger partial charge in [0.25, 0.3) is 5.91 Å². The van der Waals surface area contributed by atoms with E-state index in [0.29, 0.717) is 22.6 Å². The van der Waals surface area contributed by atoms with Crippen LogP contribution in [-0.4, -0.2) is 23.1 Å². The van der Waals surface area contributed by atoms with Crippen LogP contribution in [0.1, 0.15) is 32.0 Å². The molecule has 4 aromatic carbocycles. The number of benzene rings is 4. The molecule has 1 amide bonds. The molecule has 0 spiro atoms. The molecule has 1 aromatic heterocycles. The number of carbonyl (C=O) groups excluding carboxylic acids is 2. The summed E-state index contributed by atoms with van der Waals surface area (Å²) in [5.74, 6) is -0.548. The average molecular weight is 678 g/mol. The van der Waals surface area contributed by atoms with E-state index in [4.69, 9.17) is 4.74 Å². The molecule has 0 aliphatic carbocycles. The largest absolute Gasteiger partial charge is 0.422 e. The van der Waals surface area contributed by atoms with Gasteiger partial charge in [-0.15, -0.1) is 0 Å². The zero-order valence-corrected chi connectivity index (χ0v) is 23.9. The number of ether oxygens (including phenoxy) is 1. The Morgan fingerprint density at radius 2 is 1.74 bits per heavy atom. The highest BCUT2D eigenvalue weighted by Gasteiger charge is 2.20. The van der Waals surface area contributed by atoms with Gasteiger partial charge in [-0.1, -0.05) is 76.1 Å². The number of hydrogen-bond acceptors (Lipinski definition) is 4. The fourth-order valence-electron chi connectivity index (χ4n) is 4.03. The number of aromatic nitrogens is 1. The Kier molecular flexibility index (Phi) is 7.71. The first-order valence-corrected chi connectivity index (χ1v) is 13.6. The topological polar surface area (TPSA) is 83.5 Å². The molecular formula is C30H21BrIN3O3. The summed E-state index contributed by atoms with van der Waals surface area (Å²) in [5.41, 5.74) is 7.66. The van der Waals surface area contributed by atoms with E-state index in [9.17, 15) is 9.59 Å². The van der Waals surface area contributed by atoms with Crippen molar-refractivity contribution in [1.29, 1.82) is 0 Å². The number of nitrogens with zero attached hydrogens (tertiary/aromatic N) is 1. The number of hydrogen-bond donors (Lipinski definition) is 2. The van der Waals surface area contributed by atoms with Crippen LogP contribution in [-0.2, 0) is 0 Å². The quantitative estimate of drug-likeness (QED) is 0.0642. The molecular weight excluding hydrogens is 657 g/mol. The van der Waals surface area contributed by atoms with E-state index < -0.39 is 5.97 Å². The standard InChI is InChI=1S/C30H21BrIN3O3/c1-18-10-12-20(13-11-18)30(37)38-25-15-14-22(31)16-21(25)17-33-35-29(36)28-26(19-6-3-2-4-7-19)23-8-5-9-24(32)27(23)34-28/h2-17,34H,1H3,(H,35,36). The van der Waals surface area contributed by atoms with Crippen molar-refractivity contribution in [2.24, 2.45) is 5.10 Å². The Morgan fingerprint density at radius 3 is 2.50 bits per heavy atom. The van der Waals surface area contributed by atoms with Crippen molar-refractivity contribution in [3.8, 4) is 16.9 Å². The second kappa shape index (κ2) is 11.3. The zero-order valence-electron chi connectivity index (χ0n) is 20.2. The number of rotatable bonds is 6. The van der Waals surface area contributed by atoms with Crippen LogP contribution >= 0.6 is 38.5 Å². The third-order valence-corrected chi connectivity index (χ3v) is 7.30. The summed E-state index contributed by atoms with van der Waals surface area (Å²) in [6.07, 6.45) is 1.45. The average Bonchev–Trinajstić information content (AvgIpc) is 3.32. The van der Waals surface area contributed by atoms with Crippen LogP contribution in [0.2, 0.25) is 0 Å². The molecule has 0 radical (unpaired) electrons. The molecule has 6 nitrogen and oxygen atoms in total. The third kappa shape index (κ3) is 5.56. The van der Waals surface area contributed by atoms with E-state index in [-0.39, 0.29) is 5.91 Å². The first-order chi connectivity index (χ1) is 18.4. The van der Waals surface area contributed by atoms with Crippen LogP contribution in [0.3, 0.4) is 0 Å². The maximum Gasteiger partial charge on any atom is 0.343 e. The van der Waals surface area contributed by atoms with Gasteiger partial charge in [-0.05, 0) is 71.5 Å². The number of aryl methyl sites for hydroxylation is 1. The highest BCUT2D eigenvalue weighted by Crippen LogP contribution is 2.34. The van der Waals surface area contributed by atoms with Crippen LogP contribution in [0.25, 0.3) is 22.0 Å². The molecule has 0 aliphatic heterocycles. The van der Waals surface area contributed by atoms with Crippen molar-refractivity contribution in [3.63, 3.8) is 0 Å². The lowest BCUT2D eigenvalue weighted by molar-refractivity contribution is 0.0734. The van der Waals surface area contributed by atoms with Gasteiger partial charge in [-0.25, -0.2) is 10.2 Å². The van der Waals surface area contributed by atoms with E-state index >= 15 is 0 Å². The first-order valence-electron chi connectivity index (χ1n) is 11.7. The van der Waals surface area contributed by atoms with Gasteiger partial charge in [0.15, 0.2) is 0 Å². The molecule has 2 N–H and O–H groups in total. The number of H-pyrrole nitrogens is 1.